The molecule has 24 heavy (non-hydrogen) atoms. The Morgan fingerprint density at radius 1 is 1.54 bits per heavy atom. The second-order valence-electron chi connectivity index (χ2n) is 6.01. The van der Waals surface area contributed by atoms with Crippen LogP contribution in [0, 0.1) is 0 Å². The fraction of sp³-hybridized carbons (Fsp3) is 0.812. The predicted octanol–water partition coefficient (Wildman–Crippen LogP) is -0.137. The fourth-order valence-corrected chi connectivity index (χ4v) is 3.06. The minimum absolute atomic E-state index is 0. The number of hydrogen-bond acceptors (Lipinski definition) is 7. The van der Waals surface area contributed by atoms with Crippen molar-refractivity contribution in [1.82, 2.24) is 4.90 Å². The molecule has 0 aromatic heterocycles. The molecule has 1 fully saturated rings. The number of nitrogens with zero attached hydrogens (tertiary/aromatic N) is 1. The maximum absolute atomic E-state index is 12.8. The molecule has 2 aliphatic heterocycles. The van der Waals surface area contributed by atoms with Gasteiger partial charge in [-0.2, -0.15) is 0 Å². The Hall–Kier alpha value is -0.700. The van der Waals surface area contributed by atoms with Gasteiger partial charge in [0.1, 0.15) is 12.2 Å². The summed E-state index contributed by atoms with van der Waals surface area (Å²) in [5.41, 5.74) is -6.74. The van der Waals surface area contributed by atoms with Gasteiger partial charge < -0.3 is 24.8 Å². The fourth-order valence-electron chi connectivity index (χ4n) is 3.06. The van der Waals surface area contributed by atoms with Gasteiger partial charge in [-0.25, -0.2) is 4.79 Å². The van der Waals surface area contributed by atoms with Crippen LogP contribution in [0.5, 0.6) is 0 Å². The van der Waals surface area contributed by atoms with Crippen LogP contribution in [0.4, 0.5) is 0 Å². The van der Waals surface area contributed by atoms with Crippen molar-refractivity contribution in [3.63, 3.8) is 0 Å². The third-order valence-electron chi connectivity index (χ3n) is 4.61. The number of ether oxygens (including phenoxy) is 2. The van der Waals surface area contributed by atoms with E-state index in [2.05, 4.69) is 0 Å². The molecule has 0 amide bonds. The number of esters is 1. The highest BCUT2D eigenvalue weighted by Gasteiger charge is 2.55. The summed E-state index contributed by atoms with van der Waals surface area (Å²) < 4.78 is 55.1. The van der Waals surface area contributed by atoms with E-state index in [1.165, 1.54) is 0 Å². The van der Waals surface area contributed by atoms with Gasteiger partial charge in [0.25, 0.3) is 0 Å². The average Bonchev–Trinajstić information content (AvgIpc) is 3.18. The summed E-state index contributed by atoms with van der Waals surface area (Å²) >= 11 is 0. The standard InChI is InChI=1S/C16H27NO6.ClH/c1-10(22-4)16(21,15(2,3)20)14(19)23-9-11-5-7-17-8-6-12(18)13(11)17;/h5,10,12-13,18,20-21H,6-9H2,1-4H3;1H/t10-,12-,13+,16-;/m0./s1/i2D3,3D3;. The van der Waals surface area contributed by atoms with Crippen molar-refractivity contribution < 1.29 is 37.8 Å². The third kappa shape index (κ3) is 3.61. The molecule has 8 heteroatoms. The van der Waals surface area contributed by atoms with Crippen LogP contribution in [0.2, 0.25) is 0 Å². The van der Waals surface area contributed by atoms with Gasteiger partial charge in [-0.3, -0.25) is 4.90 Å². The molecule has 0 saturated carbocycles. The lowest BCUT2D eigenvalue weighted by molar-refractivity contribution is -0.216. The zero-order valence-corrected chi connectivity index (χ0v) is 14.4. The Labute approximate surface area is 157 Å². The summed E-state index contributed by atoms with van der Waals surface area (Å²) in [7, 11) is 1.02. The molecule has 0 bridgehead atoms. The minimum atomic E-state index is -3.86. The van der Waals surface area contributed by atoms with E-state index in [0.717, 1.165) is 14.0 Å². The van der Waals surface area contributed by atoms with E-state index in [1.54, 1.807) is 6.08 Å². The van der Waals surface area contributed by atoms with Gasteiger partial charge in [0, 0.05) is 28.4 Å². The SMILES string of the molecule is Cl.[2H]C([2H])([2H])C(O)(C([2H])([2H])[2H])[C@@](O)(C(=O)OCC1=CCN2CC[C@H](O)[C@@H]12)[C@H](C)OC. The third-order valence-corrected chi connectivity index (χ3v) is 4.61. The molecule has 0 aliphatic carbocycles. The van der Waals surface area contributed by atoms with Crippen LogP contribution in [0.15, 0.2) is 11.6 Å². The quantitative estimate of drug-likeness (QED) is 0.441. The number of methoxy groups -OCH3 is 1. The Morgan fingerprint density at radius 3 is 2.79 bits per heavy atom. The lowest BCUT2D eigenvalue weighted by Crippen LogP contribution is -2.63. The first-order valence-corrected chi connectivity index (χ1v) is 7.38. The van der Waals surface area contributed by atoms with Crippen molar-refractivity contribution >= 4 is 18.4 Å². The van der Waals surface area contributed by atoms with Gasteiger partial charge >= 0.3 is 5.97 Å². The molecule has 1 saturated heterocycles. The number of halogens is 1. The van der Waals surface area contributed by atoms with E-state index in [4.69, 9.17) is 17.7 Å². The second kappa shape index (κ2) is 7.68. The zero-order valence-electron chi connectivity index (χ0n) is 19.6. The number of aliphatic hydroxyl groups excluding tert-OH is 1. The van der Waals surface area contributed by atoms with Gasteiger partial charge in [-0.15, -0.1) is 12.4 Å². The molecule has 140 valence electrons. The summed E-state index contributed by atoms with van der Waals surface area (Å²) in [6.07, 6.45) is -0.120. The molecule has 2 heterocycles. The number of carbonyl (C=O) groups is 1. The van der Waals surface area contributed by atoms with E-state index in [-0.39, 0.29) is 18.4 Å². The van der Waals surface area contributed by atoms with E-state index in [1.807, 2.05) is 4.90 Å². The highest BCUT2D eigenvalue weighted by molar-refractivity contribution is 5.85. The number of hydrogen-bond donors (Lipinski definition) is 3. The zero-order chi connectivity index (χ0) is 22.4. The Bertz CT molecular complexity index is 658. The average molecular weight is 372 g/mol. The number of rotatable bonds is 6. The maximum Gasteiger partial charge on any atom is 0.344 e. The molecule has 2 aliphatic rings. The summed E-state index contributed by atoms with van der Waals surface area (Å²) in [5.74, 6) is -1.64. The van der Waals surface area contributed by atoms with Crippen molar-refractivity contribution in [2.45, 2.75) is 56.5 Å². The molecule has 2 rings (SSSR count). The van der Waals surface area contributed by atoms with Crippen molar-refractivity contribution in [2.75, 3.05) is 26.8 Å². The number of aliphatic hydroxyl groups is 3. The van der Waals surface area contributed by atoms with Crippen molar-refractivity contribution in [3.05, 3.63) is 11.6 Å². The Kier molecular flexibility index (Phi) is 4.32. The molecule has 3 N–H and O–H groups in total. The molecule has 7 nitrogen and oxygen atoms in total. The van der Waals surface area contributed by atoms with Crippen LogP contribution >= 0.6 is 12.4 Å². The van der Waals surface area contributed by atoms with Crippen LogP contribution in [0.3, 0.4) is 0 Å². The highest BCUT2D eigenvalue weighted by atomic mass is 35.5. The van der Waals surface area contributed by atoms with Gasteiger partial charge in [-0.05, 0) is 32.6 Å². The smallest absolute Gasteiger partial charge is 0.344 e. The Morgan fingerprint density at radius 2 is 2.21 bits per heavy atom. The Balaban J connectivity index is 0.00000450. The molecular formula is C16H28ClNO6. The largest absolute Gasteiger partial charge is 0.459 e. The second-order valence-corrected chi connectivity index (χ2v) is 6.01. The summed E-state index contributed by atoms with van der Waals surface area (Å²) in [6.45, 7) is -5.52. The van der Waals surface area contributed by atoms with Crippen LogP contribution in [-0.4, -0.2) is 82.4 Å². The summed E-state index contributed by atoms with van der Waals surface area (Å²) in [6, 6.07) is -0.375. The van der Waals surface area contributed by atoms with Gasteiger partial charge in [0.15, 0.2) is 0 Å². The van der Waals surface area contributed by atoms with Gasteiger partial charge in [-0.1, -0.05) is 6.08 Å². The van der Waals surface area contributed by atoms with E-state index < -0.39 is 49.7 Å². The predicted molar refractivity (Wildman–Crippen MR) is 90.0 cm³/mol. The minimum Gasteiger partial charge on any atom is -0.459 e. The summed E-state index contributed by atoms with van der Waals surface area (Å²) in [5, 5.41) is 31.8. The van der Waals surface area contributed by atoms with E-state index >= 15 is 0 Å². The number of carbonyl (C=O) groups excluding carboxylic acids is 1. The van der Waals surface area contributed by atoms with Crippen LogP contribution in [-0.2, 0) is 14.3 Å². The van der Waals surface area contributed by atoms with Crippen LogP contribution in [0.25, 0.3) is 0 Å². The highest BCUT2D eigenvalue weighted by Crippen LogP contribution is 2.31. The normalized spacial score (nSPS) is 32.5. The van der Waals surface area contributed by atoms with Gasteiger partial charge in [0.05, 0.1) is 18.2 Å². The lowest BCUT2D eigenvalue weighted by Gasteiger charge is -2.40. The first-order valence-electron chi connectivity index (χ1n) is 10.4. The maximum atomic E-state index is 12.8. The van der Waals surface area contributed by atoms with Gasteiger partial charge in [0.2, 0.25) is 5.60 Å². The molecular weight excluding hydrogens is 338 g/mol. The molecule has 0 aromatic rings. The number of fused-ring (bicyclic) bond motifs is 1. The first-order chi connectivity index (χ1) is 13.1. The van der Waals surface area contributed by atoms with Crippen molar-refractivity contribution in [1.29, 1.82) is 0 Å². The van der Waals surface area contributed by atoms with Crippen molar-refractivity contribution in [2.24, 2.45) is 0 Å². The molecule has 0 unspecified atom stereocenters. The monoisotopic (exact) mass is 371 g/mol. The molecule has 0 radical (unpaired) electrons. The molecule has 4 atom stereocenters. The van der Waals surface area contributed by atoms with E-state index in [9.17, 15) is 20.1 Å². The van der Waals surface area contributed by atoms with Crippen LogP contribution in [0.1, 0.15) is 35.3 Å². The molecule has 0 spiro atoms. The first kappa shape index (κ1) is 13.5. The summed E-state index contributed by atoms with van der Waals surface area (Å²) in [4.78, 5) is 14.8. The molecule has 0 aromatic carbocycles. The van der Waals surface area contributed by atoms with E-state index in [0.29, 0.717) is 25.1 Å². The van der Waals surface area contributed by atoms with Crippen molar-refractivity contribution in [3.8, 4) is 0 Å². The van der Waals surface area contributed by atoms with Crippen LogP contribution < -0.4 is 0 Å². The topological polar surface area (TPSA) is 99.5 Å². The lowest BCUT2D eigenvalue weighted by atomic mass is 9.81.